The molecule has 0 aromatic carbocycles. The van der Waals surface area contributed by atoms with Crippen molar-refractivity contribution in [2.75, 3.05) is 11.9 Å². The Kier molecular flexibility index (Phi) is 4.54. The lowest BCUT2D eigenvalue weighted by Crippen LogP contribution is -2.08. The first-order chi connectivity index (χ1) is 7.77. The van der Waals surface area contributed by atoms with Gasteiger partial charge in [-0.25, -0.2) is 9.78 Å². The molecule has 0 aliphatic heterocycles. The Labute approximate surface area is 93.4 Å². The highest BCUT2D eigenvalue weighted by atomic mass is 16.5. The van der Waals surface area contributed by atoms with Crippen LogP contribution in [0.15, 0.2) is 36.2 Å². The molecule has 0 atom stereocenters. The molecule has 1 N–H and O–H groups in total. The highest BCUT2D eigenvalue weighted by Crippen LogP contribution is 2.02. The summed E-state index contributed by atoms with van der Waals surface area (Å²) in [4.78, 5) is 15.2. The number of rotatable bonds is 4. The normalized spacial score (nSPS) is 10.4. The molecule has 0 bridgehead atoms. The van der Waals surface area contributed by atoms with Crippen molar-refractivity contribution >= 4 is 11.8 Å². The maximum Gasteiger partial charge on any atom is 0.350 e. The van der Waals surface area contributed by atoms with Gasteiger partial charge in [0.1, 0.15) is 11.9 Å². The Morgan fingerprint density at radius 2 is 2.50 bits per heavy atom. The van der Waals surface area contributed by atoms with Crippen LogP contribution < -0.4 is 5.32 Å². The van der Waals surface area contributed by atoms with E-state index in [4.69, 9.17) is 10.00 Å². The second-order valence-electron chi connectivity index (χ2n) is 2.75. The van der Waals surface area contributed by atoms with E-state index in [1.807, 2.05) is 0 Å². The van der Waals surface area contributed by atoms with E-state index < -0.39 is 5.97 Å². The Balaban J connectivity index is 2.68. The van der Waals surface area contributed by atoms with Crippen molar-refractivity contribution in [2.45, 2.75) is 6.92 Å². The predicted molar refractivity (Wildman–Crippen MR) is 58.2 cm³/mol. The van der Waals surface area contributed by atoms with Crippen LogP contribution in [0.5, 0.6) is 0 Å². The first kappa shape index (κ1) is 11.7. The van der Waals surface area contributed by atoms with Crippen LogP contribution >= 0.6 is 0 Å². The Bertz CT molecular complexity index is 421. The fourth-order valence-corrected chi connectivity index (χ4v) is 0.940. The van der Waals surface area contributed by atoms with Gasteiger partial charge in [-0.2, -0.15) is 5.26 Å². The van der Waals surface area contributed by atoms with Gasteiger partial charge in [-0.15, -0.1) is 0 Å². The average molecular weight is 217 g/mol. The van der Waals surface area contributed by atoms with Crippen LogP contribution in [-0.2, 0) is 9.53 Å². The molecule has 16 heavy (non-hydrogen) atoms. The minimum absolute atomic E-state index is 0.0903. The average Bonchev–Trinajstić information content (AvgIpc) is 2.31. The van der Waals surface area contributed by atoms with Crippen molar-refractivity contribution < 1.29 is 9.53 Å². The van der Waals surface area contributed by atoms with Crippen molar-refractivity contribution in [1.82, 2.24) is 4.98 Å². The number of esters is 1. The summed E-state index contributed by atoms with van der Waals surface area (Å²) in [5, 5.41) is 11.5. The number of ether oxygens (including phenoxy) is 1. The summed E-state index contributed by atoms with van der Waals surface area (Å²) >= 11 is 0. The number of anilines is 1. The van der Waals surface area contributed by atoms with E-state index in [0.717, 1.165) is 0 Å². The maximum absolute atomic E-state index is 11.2. The zero-order valence-corrected chi connectivity index (χ0v) is 8.80. The van der Waals surface area contributed by atoms with Gasteiger partial charge in [0.25, 0.3) is 0 Å². The van der Waals surface area contributed by atoms with Gasteiger partial charge in [0.15, 0.2) is 5.57 Å². The third kappa shape index (κ3) is 3.42. The topological polar surface area (TPSA) is 75.0 Å². The summed E-state index contributed by atoms with van der Waals surface area (Å²) < 4.78 is 4.69. The number of pyridine rings is 1. The van der Waals surface area contributed by atoms with E-state index in [9.17, 15) is 4.79 Å². The molecular weight excluding hydrogens is 206 g/mol. The van der Waals surface area contributed by atoms with Crippen molar-refractivity contribution in [3.8, 4) is 6.07 Å². The fourth-order valence-electron chi connectivity index (χ4n) is 0.940. The van der Waals surface area contributed by atoms with E-state index in [1.165, 1.54) is 6.20 Å². The second-order valence-corrected chi connectivity index (χ2v) is 2.75. The van der Waals surface area contributed by atoms with Crippen LogP contribution in [0.25, 0.3) is 0 Å². The number of aromatic nitrogens is 1. The van der Waals surface area contributed by atoms with E-state index in [2.05, 4.69) is 10.3 Å². The number of nitriles is 1. The molecule has 5 heteroatoms. The van der Waals surface area contributed by atoms with Crippen molar-refractivity contribution in [2.24, 2.45) is 0 Å². The quantitative estimate of drug-likeness (QED) is 0.469. The molecule has 0 aliphatic rings. The monoisotopic (exact) mass is 217 g/mol. The van der Waals surface area contributed by atoms with Gasteiger partial charge in [0, 0.05) is 12.4 Å². The smallest absolute Gasteiger partial charge is 0.350 e. The Morgan fingerprint density at radius 1 is 1.69 bits per heavy atom. The third-order valence-electron chi connectivity index (χ3n) is 1.65. The van der Waals surface area contributed by atoms with Crippen molar-refractivity contribution in [3.63, 3.8) is 0 Å². The standard InChI is InChI=1S/C11H11N3O2/c1-2-16-11(15)9(7-12)8-14-10-5-3-4-6-13-10/h3-6,8H,2H2,1H3,(H,13,14)/b9-8-. The maximum atomic E-state index is 11.2. The highest BCUT2D eigenvalue weighted by molar-refractivity contribution is 5.93. The third-order valence-corrected chi connectivity index (χ3v) is 1.65. The van der Waals surface area contributed by atoms with Crippen LogP contribution in [0.2, 0.25) is 0 Å². The number of hydrogen-bond acceptors (Lipinski definition) is 5. The summed E-state index contributed by atoms with van der Waals surface area (Å²) in [6.07, 6.45) is 2.88. The molecule has 0 aliphatic carbocycles. The molecule has 0 unspecified atom stereocenters. The molecule has 5 nitrogen and oxygen atoms in total. The molecule has 0 spiro atoms. The molecular formula is C11H11N3O2. The molecule has 0 saturated carbocycles. The second kappa shape index (κ2) is 6.19. The Morgan fingerprint density at radius 3 is 3.06 bits per heavy atom. The minimum Gasteiger partial charge on any atom is -0.462 e. The lowest BCUT2D eigenvalue weighted by molar-refractivity contribution is -0.138. The minimum atomic E-state index is -0.645. The molecule has 1 aromatic heterocycles. The zero-order valence-electron chi connectivity index (χ0n) is 8.80. The summed E-state index contributed by atoms with van der Waals surface area (Å²) in [6, 6.07) is 7.03. The number of nitrogens with one attached hydrogen (secondary N) is 1. The summed E-state index contributed by atoms with van der Waals surface area (Å²) in [6.45, 7) is 1.92. The van der Waals surface area contributed by atoms with E-state index in [-0.39, 0.29) is 12.2 Å². The van der Waals surface area contributed by atoms with Gasteiger partial charge >= 0.3 is 5.97 Å². The molecule has 0 fully saturated rings. The van der Waals surface area contributed by atoms with Crippen LogP contribution in [0.4, 0.5) is 5.82 Å². The van der Waals surface area contributed by atoms with Gasteiger partial charge in [0.2, 0.25) is 0 Å². The SMILES string of the molecule is CCOC(=O)/C(C#N)=C\Nc1ccccn1. The molecule has 1 aromatic rings. The number of nitrogens with zero attached hydrogens (tertiary/aromatic N) is 2. The van der Waals surface area contributed by atoms with Gasteiger partial charge in [-0.05, 0) is 19.1 Å². The van der Waals surface area contributed by atoms with E-state index in [0.29, 0.717) is 5.82 Å². The first-order valence-electron chi connectivity index (χ1n) is 4.73. The van der Waals surface area contributed by atoms with Crippen LogP contribution in [-0.4, -0.2) is 17.6 Å². The number of hydrogen-bond donors (Lipinski definition) is 1. The molecule has 1 heterocycles. The largest absolute Gasteiger partial charge is 0.462 e. The summed E-state index contributed by atoms with van der Waals surface area (Å²) in [5.41, 5.74) is -0.0903. The molecule has 0 saturated heterocycles. The highest BCUT2D eigenvalue weighted by Gasteiger charge is 2.08. The Hall–Kier alpha value is -2.35. The summed E-state index contributed by atoms with van der Waals surface area (Å²) in [5.74, 6) is -0.0898. The van der Waals surface area contributed by atoms with E-state index >= 15 is 0 Å². The summed E-state index contributed by atoms with van der Waals surface area (Å²) in [7, 11) is 0. The molecule has 0 radical (unpaired) electrons. The number of carbonyl (C=O) groups is 1. The van der Waals surface area contributed by atoms with Crippen LogP contribution in [0.1, 0.15) is 6.92 Å². The van der Waals surface area contributed by atoms with Gasteiger partial charge < -0.3 is 10.1 Å². The van der Waals surface area contributed by atoms with Gasteiger partial charge in [0.05, 0.1) is 6.61 Å². The zero-order chi connectivity index (χ0) is 11.8. The first-order valence-corrected chi connectivity index (χ1v) is 4.73. The molecule has 1 rings (SSSR count). The predicted octanol–water partition coefficient (Wildman–Crippen LogP) is 1.46. The molecule has 82 valence electrons. The van der Waals surface area contributed by atoms with E-state index in [1.54, 1.807) is 37.4 Å². The van der Waals surface area contributed by atoms with Gasteiger partial charge in [-0.3, -0.25) is 0 Å². The van der Waals surface area contributed by atoms with Crippen LogP contribution in [0.3, 0.4) is 0 Å². The fraction of sp³-hybridized carbons (Fsp3) is 0.182. The van der Waals surface area contributed by atoms with Crippen molar-refractivity contribution in [1.29, 1.82) is 5.26 Å². The van der Waals surface area contributed by atoms with Crippen LogP contribution in [0, 0.1) is 11.3 Å². The van der Waals surface area contributed by atoms with Gasteiger partial charge in [-0.1, -0.05) is 6.07 Å². The number of carbonyl (C=O) groups excluding carboxylic acids is 1. The lowest BCUT2D eigenvalue weighted by atomic mass is 10.3. The van der Waals surface area contributed by atoms with Crippen molar-refractivity contribution in [3.05, 3.63) is 36.2 Å². The molecule has 0 amide bonds. The lowest BCUT2D eigenvalue weighted by Gasteiger charge is -2.01.